The number of nitrogens with zero attached hydrogens (tertiary/aromatic N) is 5. The van der Waals surface area contributed by atoms with Crippen LogP contribution in [-0.4, -0.2) is 54.9 Å². The molecule has 0 atom stereocenters. The minimum Gasteiger partial charge on any atom is -0.352 e. The number of aromatic amines is 2. The Balaban J connectivity index is 1.43. The zero-order valence-electron chi connectivity index (χ0n) is 20.0. The van der Waals surface area contributed by atoms with Gasteiger partial charge < -0.3 is 9.88 Å². The SMILES string of the molecule is CC(=O)c1ccc(-c2cncc3[nH]c(-c4n[nH]c5ccc(-c6cncc(CN(C)C)c6)nc45)cc23)s1. The van der Waals surface area contributed by atoms with Crippen LogP contribution in [0, 0.1) is 0 Å². The Labute approximate surface area is 211 Å². The molecule has 2 N–H and O–H groups in total. The second-order valence-corrected chi connectivity index (χ2v) is 10.1. The molecule has 0 spiro atoms. The third-order valence-corrected chi connectivity index (χ3v) is 7.24. The van der Waals surface area contributed by atoms with E-state index in [1.165, 1.54) is 11.3 Å². The molecule has 9 heteroatoms. The van der Waals surface area contributed by atoms with E-state index < -0.39 is 0 Å². The summed E-state index contributed by atoms with van der Waals surface area (Å²) in [7, 11) is 4.08. The van der Waals surface area contributed by atoms with Gasteiger partial charge in [-0.25, -0.2) is 4.98 Å². The molecule has 0 aliphatic carbocycles. The maximum atomic E-state index is 11.8. The van der Waals surface area contributed by atoms with Crippen LogP contribution in [0.15, 0.2) is 61.2 Å². The molecule has 0 unspecified atom stereocenters. The minimum absolute atomic E-state index is 0.0634. The summed E-state index contributed by atoms with van der Waals surface area (Å²) >= 11 is 1.48. The fraction of sp³-hybridized carbons (Fsp3) is 0.148. The third-order valence-electron chi connectivity index (χ3n) is 6.02. The lowest BCUT2D eigenvalue weighted by atomic mass is 10.1. The molecule has 0 amide bonds. The van der Waals surface area contributed by atoms with Gasteiger partial charge in [0, 0.05) is 46.5 Å². The third kappa shape index (κ3) is 3.98. The summed E-state index contributed by atoms with van der Waals surface area (Å²) in [5, 5.41) is 8.70. The van der Waals surface area contributed by atoms with Crippen molar-refractivity contribution < 1.29 is 4.79 Å². The molecule has 0 bridgehead atoms. The number of aromatic nitrogens is 6. The van der Waals surface area contributed by atoms with E-state index in [0.717, 1.165) is 72.0 Å². The minimum atomic E-state index is 0.0634. The summed E-state index contributed by atoms with van der Waals surface area (Å²) in [4.78, 5) is 32.9. The lowest BCUT2D eigenvalue weighted by molar-refractivity contribution is 0.102. The molecule has 6 rings (SSSR count). The number of thiophene rings is 1. The molecule has 6 aromatic heterocycles. The van der Waals surface area contributed by atoms with Crippen LogP contribution in [0.5, 0.6) is 0 Å². The van der Waals surface area contributed by atoms with Gasteiger partial charge in [0.15, 0.2) is 5.78 Å². The summed E-state index contributed by atoms with van der Waals surface area (Å²) in [5.74, 6) is 0.0634. The van der Waals surface area contributed by atoms with Crippen molar-refractivity contribution in [3.8, 4) is 33.1 Å². The summed E-state index contributed by atoms with van der Waals surface area (Å²) in [6.07, 6.45) is 7.36. The molecular formula is C27H23N7OS. The van der Waals surface area contributed by atoms with Gasteiger partial charge in [0.05, 0.1) is 33.5 Å². The summed E-state index contributed by atoms with van der Waals surface area (Å²) in [6.45, 7) is 2.39. The Bertz CT molecular complexity index is 1740. The Kier molecular flexibility index (Phi) is 5.43. The molecule has 0 radical (unpaired) electrons. The smallest absolute Gasteiger partial charge is 0.169 e. The van der Waals surface area contributed by atoms with E-state index in [-0.39, 0.29) is 5.78 Å². The zero-order valence-corrected chi connectivity index (χ0v) is 20.8. The van der Waals surface area contributed by atoms with Crippen LogP contribution < -0.4 is 0 Å². The Morgan fingerprint density at radius 2 is 1.86 bits per heavy atom. The first-order chi connectivity index (χ1) is 17.5. The van der Waals surface area contributed by atoms with E-state index in [0.29, 0.717) is 0 Å². The predicted octanol–water partition coefficient (Wildman–Crippen LogP) is 5.56. The standard InChI is InChI=1S/C27H23N7OS/c1-15(35)24-6-7-25(36-24)19-12-29-13-23-18(19)9-22(30-23)27-26-21(32-33-27)5-4-20(31-26)17-8-16(10-28-11-17)14-34(2)3/h4-13,30H,14H2,1-3H3,(H,32,33). The Morgan fingerprint density at radius 3 is 2.67 bits per heavy atom. The first-order valence-corrected chi connectivity index (χ1v) is 12.3. The Morgan fingerprint density at radius 1 is 1.00 bits per heavy atom. The van der Waals surface area contributed by atoms with Crippen molar-refractivity contribution >= 4 is 39.1 Å². The second kappa shape index (κ2) is 8.78. The maximum Gasteiger partial charge on any atom is 0.169 e. The quantitative estimate of drug-likeness (QED) is 0.295. The van der Waals surface area contributed by atoms with Gasteiger partial charge >= 0.3 is 0 Å². The van der Waals surface area contributed by atoms with Gasteiger partial charge in [-0.3, -0.25) is 19.9 Å². The first-order valence-electron chi connectivity index (χ1n) is 11.5. The molecule has 0 saturated carbocycles. The number of Topliss-reactive ketones (excluding diaryl/α,β-unsaturated/α-hetero) is 1. The van der Waals surface area contributed by atoms with Crippen LogP contribution in [0.2, 0.25) is 0 Å². The van der Waals surface area contributed by atoms with Crippen molar-refractivity contribution in [2.24, 2.45) is 0 Å². The highest BCUT2D eigenvalue weighted by atomic mass is 32.1. The van der Waals surface area contributed by atoms with Gasteiger partial charge in [0.1, 0.15) is 11.2 Å². The van der Waals surface area contributed by atoms with Crippen molar-refractivity contribution in [3.63, 3.8) is 0 Å². The molecule has 8 nitrogen and oxygen atoms in total. The van der Waals surface area contributed by atoms with E-state index in [1.54, 1.807) is 13.1 Å². The maximum absolute atomic E-state index is 11.8. The van der Waals surface area contributed by atoms with Gasteiger partial charge in [-0.15, -0.1) is 11.3 Å². The fourth-order valence-corrected chi connectivity index (χ4v) is 5.30. The van der Waals surface area contributed by atoms with Crippen LogP contribution in [0.1, 0.15) is 22.2 Å². The number of hydrogen-bond donors (Lipinski definition) is 2. The van der Waals surface area contributed by atoms with E-state index in [2.05, 4.69) is 42.2 Å². The average Bonchev–Trinajstić information content (AvgIpc) is 3.60. The molecule has 0 fully saturated rings. The van der Waals surface area contributed by atoms with Crippen molar-refractivity contribution in [2.75, 3.05) is 14.1 Å². The number of H-pyrrole nitrogens is 2. The van der Waals surface area contributed by atoms with Crippen LogP contribution in [0.25, 0.3) is 55.0 Å². The molecule has 6 heterocycles. The van der Waals surface area contributed by atoms with Crippen LogP contribution in [-0.2, 0) is 6.54 Å². The monoisotopic (exact) mass is 493 g/mol. The number of hydrogen-bond acceptors (Lipinski definition) is 7. The summed E-state index contributed by atoms with van der Waals surface area (Å²) in [5.41, 5.74) is 8.02. The van der Waals surface area contributed by atoms with Crippen LogP contribution in [0.3, 0.4) is 0 Å². The molecule has 0 aliphatic rings. The van der Waals surface area contributed by atoms with Crippen LogP contribution in [0.4, 0.5) is 0 Å². The number of carbonyl (C=O) groups is 1. The topological polar surface area (TPSA) is 103 Å². The Hall–Kier alpha value is -4.21. The van der Waals surface area contributed by atoms with Gasteiger partial charge in [-0.2, -0.15) is 5.10 Å². The molecule has 36 heavy (non-hydrogen) atoms. The largest absolute Gasteiger partial charge is 0.352 e. The van der Waals surface area contributed by atoms with E-state index in [1.807, 2.05) is 57.0 Å². The molecular weight excluding hydrogens is 470 g/mol. The molecule has 178 valence electrons. The lowest BCUT2D eigenvalue weighted by Gasteiger charge is -2.10. The van der Waals surface area contributed by atoms with E-state index in [9.17, 15) is 4.79 Å². The van der Waals surface area contributed by atoms with Crippen molar-refractivity contribution in [1.29, 1.82) is 0 Å². The summed E-state index contributed by atoms with van der Waals surface area (Å²) < 4.78 is 0. The molecule has 0 aromatic carbocycles. The number of pyridine rings is 3. The lowest BCUT2D eigenvalue weighted by Crippen LogP contribution is -2.10. The fourth-order valence-electron chi connectivity index (χ4n) is 4.37. The van der Waals surface area contributed by atoms with Gasteiger partial charge in [0.25, 0.3) is 0 Å². The van der Waals surface area contributed by atoms with Crippen molar-refractivity contribution in [1.82, 2.24) is 35.0 Å². The molecule has 6 aromatic rings. The van der Waals surface area contributed by atoms with Gasteiger partial charge in [0.2, 0.25) is 0 Å². The normalized spacial score (nSPS) is 11.7. The molecule has 0 aliphatic heterocycles. The number of carbonyl (C=O) groups excluding carboxylic acids is 1. The number of ketones is 1. The van der Waals surface area contributed by atoms with Crippen molar-refractivity contribution in [3.05, 3.63) is 71.6 Å². The highest BCUT2D eigenvalue weighted by Crippen LogP contribution is 2.36. The number of rotatable bonds is 6. The number of nitrogens with one attached hydrogen (secondary N) is 2. The van der Waals surface area contributed by atoms with Gasteiger partial charge in [-0.05, 0) is 63.0 Å². The van der Waals surface area contributed by atoms with E-state index in [4.69, 9.17) is 4.98 Å². The van der Waals surface area contributed by atoms with Gasteiger partial charge in [-0.1, -0.05) is 0 Å². The first kappa shape index (κ1) is 22.3. The zero-order chi connectivity index (χ0) is 24.8. The number of fused-ring (bicyclic) bond motifs is 2. The highest BCUT2D eigenvalue weighted by Gasteiger charge is 2.17. The predicted molar refractivity (Wildman–Crippen MR) is 143 cm³/mol. The molecule has 0 saturated heterocycles. The average molecular weight is 494 g/mol. The second-order valence-electron chi connectivity index (χ2n) is 9.04. The van der Waals surface area contributed by atoms with Crippen LogP contribution >= 0.6 is 11.3 Å². The van der Waals surface area contributed by atoms with E-state index >= 15 is 0 Å². The summed E-state index contributed by atoms with van der Waals surface area (Å²) in [6, 6.07) is 12.0. The highest BCUT2D eigenvalue weighted by molar-refractivity contribution is 7.17. The van der Waals surface area contributed by atoms with Crippen molar-refractivity contribution in [2.45, 2.75) is 13.5 Å².